The van der Waals surface area contributed by atoms with Crippen LogP contribution in [0.2, 0.25) is 0 Å². The van der Waals surface area contributed by atoms with Gasteiger partial charge in [0.15, 0.2) is 5.43 Å². The minimum atomic E-state index is 0.0435. The number of benzene rings is 2. The Labute approximate surface area is 170 Å². The summed E-state index contributed by atoms with van der Waals surface area (Å²) in [6, 6.07) is 13.8. The lowest BCUT2D eigenvalue weighted by molar-refractivity contribution is 0.0676. The number of nitrogens with zero attached hydrogens (tertiary/aromatic N) is 1. The third kappa shape index (κ3) is 4.69. The molecular formula is C24H27NO4. The maximum atomic E-state index is 13.1. The Kier molecular flexibility index (Phi) is 5.97. The molecule has 1 aromatic heterocycles. The van der Waals surface area contributed by atoms with Crippen molar-refractivity contribution in [1.29, 1.82) is 0 Å². The van der Waals surface area contributed by atoms with Gasteiger partial charge in [0.1, 0.15) is 11.3 Å². The van der Waals surface area contributed by atoms with Gasteiger partial charge in [-0.25, -0.2) is 0 Å². The number of aryl methyl sites for hydroxylation is 1. The van der Waals surface area contributed by atoms with E-state index >= 15 is 0 Å². The van der Waals surface area contributed by atoms with Crippen LogP contribution in [0.1, 0.15) is 29.5 Å². The average molecular weight is 393 g/mol. The van der Waals surface area contributed by atoms with Gasteiger partial charge in [-0.05, 0) is 49.6 Å². The van der Waals surface area contributed by atoms with Gasteiger partial charge < -0.3 is 13.9 Å². The fourth-order valence-corrected chi connectivity index (χ4v) is 3.89. The molecule has 3 aromatic rings. The summed E-state index contributed by atoms with van der Waals surface area (Å²) in [6.07, 6.45) is 3.97. The van der Waals surface area contributed by atoms with Crippen LogP contribution in [0.25, 0.3) is 11.0 Å². The molecule has 5 nitrogen and oxygen atoms in total. The molecule has 29 heavy (non-hydrogen) atoms. The van der Waals surface area contributed by atoms with E-state index in [0.29, 0.717) is 23.1 Å². The van der Waals surface area contributed by atoms with E-state index in [1.165, 1.54) is 5.56 Å². The first kappa shape index (κ1) is 19.7. The predicted molar refractivity (Wildman–Crippen MR) is 113 cm³/mol. The van der Waals surface area contributed by atoms with Gasteiger partial charge in [0.25, 0.3) is 0 Å². The quantitative estimate of drug-likeness (QED) is 0.599. The Morgan fingerprint density at radius 2 is 1.97 bits per heavy atom. The first-order valence-electron chi connectivity index (χ1n) is 10.1. The molecule has 4 rings (SSSR count). The number of hydrogen-bond donors (Lipinski definition) is 0. The monoisotopic (exact) mass is 393 g/mol. The third-order valence-corrected chi connectivity index (χ3v) is 5.44. The summed E-state index contributed by atoms with van der Waals surface area (Å²) in [5.74, 6) is 0.838. The fraction of sp³-hybridized carbons (Fsp3) is 0.375. The number of fused-ring (bicyclic) bond motifs is 1. The number of rotatable bonds is 7. The Morgan fingerprint density at radius 3 is 2.69 bits per heavy atom. The molecule has 0 bridgehead atoms. The van der Waals surface area contributed by atoms with Crippen LogP contribution in [0.15, 0.2) is 57.9 Å². The van der Waals surface area contributed by atoms with Gasteiger partial charge >= 0.3 is 0 Å². The summed E-state index contributed by atoms with van der Waals surface area (Å²) in [7, 11) is 1.67. The summed E-state index contributed by atoms with van der Waals surface area (Å²) in [5.41, 5.74) is 3.57. The first-order valence-corrected chi connectivity index (χ1v) is 10.1. The van der Waals surface area contributed by atoms with Crippen molar-refractivity contribution in [3.05, 3.63) is 75.6 Å². The van der Waals surface area contributed by atoms with Crippen molar-refractivity contribution >= 4 is 11.0 Å². The highest BCUT2D eigenvalue weighted by molar-refractivity contribution is 5.77. The van der Waals surface area contributed by atoms with E-state index in [1.807, 2.05) is 37.3 Å². The van der Waals surface area contributed by atoms with Crippen LogP contribution in [0.3, 0.4) is 0 Å². The fourth-order valence-electron chi connectivity index (χ4n) is 3.89. The molecule has 0 N–H and O–H groups in total. The van der Waals surface area contributed by atoms with Crippen LogP contribution in [0.4, 0.5) is 0 Å². The lowest BCUT2D eigenvalue weighted by Gasteiger charge is -2.25. The van der Waals surface area contributed by atoms with Crippen molar-refractivity contribution in [2.75, 3.05) is 20.3 Å². The first-order chi connectivity index (χ1) is 14.1. The zero-order valence-corrected chi connectivity index (χ0v) is 17.0. The molecule has 0 radical (unpaired) electrons. The molecule has 5 heteroatoms. The Balaban J connectivity index is 1.59. The maximum absolute atomic E-state index is 13.1. The summed E-state index contributed by atoms with van der Waals surface area (Å²) in [6.45, 7) is 4.85. The van der Waals surface area contributed by atoms with Gasteiger partial charge in [-0.2, -0.15) is 0 Å². The van der Waals surface area contributed by atoms with Crippen LogP contribution in [-0.4, -0.2) is 31.3 Å². The zero-order chi connectivity index (χ0) is 20.2. The molecule has 152 valence electrons. The number of methoxy groups -OCH3 is 1. The highest BCUT2D eigenvalue weighted by atomic mass is 16.5. The molecular weight excluding hydrogens is 366 g/mol. The second kappa shape index (κ2) is 8.80. The standard InChI is InChI=1S/C24H27NO4/c1-17-5-10-23-22(12-17)24(26)19(16-29-23)14-25(15-21-4-3-11-28-21)13-18-6-8-20(27-2)9-7-18/h5-10,12,16,21H,3-4,11,13-15H2,1-2H3. The van der Waals surface area contributed by atoms with Crippen molar-refractivity contribution in [2.45, 2.75) is 39.0 Å². The van der Waals surface area contributed by atoms with E-state index in [9.17, 15) is 4.79 Å². The number of hydrogen-bond acceptors (Lipinski definition) is 5. The Hall–Kier alpha value is -2.63. The van der Waals surface area contributed by atoms with Gasteiger partial charge in [0.05, 0.1) is 24.9 Å². The summed E-state index contributed by atoms with van der Waals surface area (Å²) < 4.78 is 16.9. The van der Waals surface area contributed by atoms with E-state index < -0.39 is 0 Å². The predicted octanol–water partition coefficient (Wildman–Crippen LogP) is 4.29. The van der Waals surface area contributed by atoms with Gasteiger partial charge in [-0.15, -0.1) is 0 Å². The molecule has 1 aliphatic rings. The number of ether oxygens (including phenoxy) is 2. The van der Waals surface area contributed by atoms with E-state index in [4.69, 9.17) is 13.9 Å². The Bertz CT molecular complexity index is 1020. The van der Waals surface area contributed by atoms with Gasteiger partial charge in [-0.1, -0.05) is 23.8 Å². The van der Waals surface area contributed by atoms with Gasteiger partial charge in [0.2, 0.25) is 0 Å². The van der Waals surface area contributed by atoms with Crippen LogP contribution in [-0.2, 0) is 17.8 Å². The summed E-state index contributed by atoms with van der Waals surface area (Å²) in [4.78, 5) is 15.3. The normalized spacial score (nSPS) is 16.6. The van der Waals surface area contributed by atoms with Crippen LogP contribution in [0, 0.1) is 6.92 Å². The van der Waals surface area contributed by atoms with Crippen molar-refractivity contribution in [1.82, 2.24) is 4.90 Å². The summed E-state index contributed by atoms with van der Waals surface area (Å²) >= 11 is 0. The zero-order valence-electron chi connectivity index (χ0n) is 17.0. The molecule has 2 aromatic carbocycles. The molecule has 1 atom stereocenters. The molecule has 1 aliphatic heterocycles. The lowest BCUT2D eigenvalue weighted by atomic mass is 10.1. The van der Waals surface area contributed by atoms with Crippen LogP contribution < -0.4 is 10.2 Å². The third-order valence-electron chi connectivity index (χ3n) is 5.44. The van der Waals surface area contributed by atoms with Crippen molar-refractivity contribution < 1.29 is 13.9 Å². The average Bonchev–Trinajstić information content (AvgIpc) is 3.24. The second-order valence-electron chi connectivity index (χ2n) is 7.74. The molecule has 0 aliphatic carbocycles. The molecule has 1 saturated heterocycles. The minimum Gasteiger partial charge on any atom is -0.497 e. The van der Waals surface area contributed by atoms with E-state index in [-0.39, 0.29) is 11.5 Å². The van der Waals surface area contributed by atoms with Gasteiger partial charge in [-0.3, -0.25) is 9.69 Å². The minimum absolute atomic E-state index is 0.0435. The van der Waals surface area contributed by atoms with Crippen molar-refractivity contribution in [3.63, 3.8) is 0 Å². The molecule has 1 fully saturated rings. The highest BCUT2D eigenvalue weighted by Gasteiger charge is 2.21. The maximum Gasteiger partial charge on any atom is 0.197 e. The van der Waals surface area contributed by atoms with Crippen molar-refractivity contribution in [3.8, 4) is 5.75 Å². The SMILES string of the molecule is COc1ccc(CN(Cc2coc3ccc(C)cc3c2=O)CC2CCCO2)cc1. The van der Waals surface area contributed by atoms with Crippen LogP contribution >= 0.6 is 0 Å². The molecule has 0 amide bonds. The molecule has 2 heterocycles. The molecule has 0 saturated carbocycles. The van der Waals surface area contributed by atoms with E-state index in [2.05, 4.69) is 17.0 Å². The van der Waals surface area contributed by atoms with Crippen LogP contribution in [0.5, 0.6) is 5.75 Å². The summed E-state index contributed by atoms with van der Waals surface area (Å²) in [5, 5.41) is 0.643. The Morgan fingerprint density at radius 1 is 1.14 bits per heavy atom. The lowest BCUT2D eigenvalue weighted by Crippen LogP contribution is -2.33. The highest BCUT2D eigenvalue weighted by Crippen LogP contribution is 2.19. The molecule has 1 unspecified atom stereocenters. The molecule has 0 spiro atoms. The van der Waals surface area contributed by atoms with Gasteiger partial charge in [0, 0.05) is 31.8 Å². The van der Waals surface area contributed by atoms with E-state index in [0.717, 1.165) is 43.9 Å². The van der Waals surface area contributed by atoms with E-state index in [1.54, 1.807) is 13.4 Å². The smallest absolute Gasteiger partial charge is 0.197 e. The largest absolute Gasteiger partial charge is 0.497 e. The second-order valence-corrected chi connectivity index (χ2v) is 7.74. The topological polar surface area (TPSA) is 51.9 Å². The van der Waals surface area contributed by atoms with Crippen molar-refractivity contribution in [2.24, 2.45) is 0 Å².